The van der Waals surface area contributed by atoms with Gasteiger partial charge in [-0.25, -0.2) is 4.79 Å². The van der Waals surface area contributed by atoms with Crippen molar-refractivity contribution in [2.75, 3.05) is 33.9 Å². The molecular weight excluding hydrogens is 512 g/mol. The maximum absolute atomic E-state index is 13.7. The number of amides is 3. The summed E-state index contributed by atoms with van der Waals surface area (Å²) in [6, 6.07) is 12.6. The van der Waals surface area contributed by atoms with Gasteiger partial charge in [0.15, 0.2) is 6.04 Å². The van der Waals surface area contributed by atoms with Crippen LogP contribution in [-0.4, -0.2) is 85.7 Å². The number of unbranched alkanes of at least 4 members (excludes halogenated alkanes) is 1. The number of benzene rings is 2. The van der Waals surface area contributed by atoms with Crippen LogP contribution in [0.4, 0.5) is 0 Å². The van der Waals surface area contributed by atoms with E-state index >= 15 is 0 Å². The van der Waals surface area contributed by atoms with Gasteiger partial charge in [-0.05, 0) is 36.1 Å². The van der Waals surface area contributed by atoms with Gasteiger partial charge in [-0.2, -0.15) is 0 Å². The van der Waals surface area contributed by atoms with E-state index < -0.39 is 24.2 Å². The van der Waals surface area contributed by atoms with Gasteiger partial charge < -0.3 is 25.0 Å². The number of hydrogen-bond donors (Lipinski definition) is 2. The van der Waals surface area contributed by atoms with E-state index in [2.05, 4.69) is 17.6 Å². The van der Waals surface area contributed by atoms with E-state index in [1.807, 2.05) is 54.3 Å². The SMILES string of the molecule is CCCCC(N(CC(=O)NC(COC)C(=O)OC)Cc1cccc2ccccc12)N(CC)C(=O)[C@@H]1CCC(=O)N1. The monoisotopic (exact) mass is 554 g/mol. The number of ether oxygens (including phenoxy) is 2. The molecule has 1 saturated heterocycles. The lowest BCUT2D eigenvalue weighted by Gasteiger charge is -2.40. The van der Waals surface area contributed by atoms with Gasteiger partial charge in [-0.1, -0.05) is 62.2 Å². The number of rotatable bonds is 15. The molecule has 2 N–H and O–H groups in total. The van der Waals surface area contributed by atoms with Gasteiger partial charge in [0.1, 0.15) is 6.04 Å². The van der Waals surface area contributed by atoms with Gasteiger partial charge in [0, 0.05) is 26.6 Å². The smallest absolute Gasteiger partial charge is 0.330 e. The van der Waals surface area contributed by atoms with Crippen molar-refractivity contribution < 1.29 is 28.7 Å². The second kappa shape index (κ2) is 15.3. The van der Waals surface area contributed by atoms with Crippen molar-refractivity contribution in [1.82, 2.24) is 20.4 Å². The second-order valence-electron chi connectivity index (χ2n) is 10.0. The van der Waals surface area contributed by atoms with Crippen molar-refractivity contribution in [2.24, 2.45) is 0 Å². The van der Waals surface area contributed by atoms with Gasteiger partial charge in [0.2, 0.25) is 17.7 Å². The van der Waals surface area contributed by atoms with Crippen LogP contribution in [0.1, 0.15) is 51.5 Å². The highest BCUT2D eigenvalue weighted by Crippen LogP contribution is 2.24. The summed E-state index contributed by atoms with van der Waals surface area (Å²) < 4.78 is 9.95. The minimum absolute atomic E-state index is 0.0258. The highest BCUT2D eigenvalue weighted by atomic mass is 16.5. The summed E-state index contributed by atoms with van der Waals surface area (Å²) in [4.78, 5) is 55.0. The quantitative estimate of drug-likeness (QED) is 0.257. The van der Waals surface area contributed by atoms with Crippen LogP contribution in [-0.2, 0) is 35.2 Å². The normalized spacial score (nSPS) is 16.4. The zero-order valence-electron chi connectivity index (χ0n) is 24.0. The van der Waals surface area contributed by atoms with Gasteiger partial charge in [-0.15, -0.1) is 0 Å². The van der Waals surface area contributed by atoms with Crippen molar-refractivity contribution in [1.29, 1.82) is 0 Å². The first-order chi connectivity index (χ1) is 19.3. The molecule has 0 spiro atoms. The molecular formula is C30H42N4O6. The summed E-state index contributed by atoms with van der Waals surface area (Å²) in [6.45, 7) is 4.73. The van der Waals surface area contributed by atoms with Crippen LogP contribution in [0.3, 0.4) is 0 Å². The molecule has 1 aliphatic heterocycles. The number of carbonyl (C=O) groups excluding carboxylic acids is 4. The fourth-order valence-corrected chi connectivity index (χ4v) is 5.25. The van der Waals surface area contributed by atoms with Crippen molar-refractivity contribution in [2.45, 2.75) is 70.7 Å². The Hall–Kier alpha value is -3.50. The third-order valence-corrected chi connectivity index (χ3v) is 7.27. The summed E-state index contributed by atoms with van der Waals surface area (Å²) in [5, 5.41) is 7.68. The summed E-state index contributed by atoms with van der Waals surface area (Å²) in [5.74, 6) is -1.25. The molecule has 1 fully saturated rings. The number of hydrogen-bond acceptors (Lipinski definition) is 7. The predicted molar refractivity (Wildman–Crippen MR) is 152 cm³/mol. The number of nitrogens with one attached hydrogen (secondary N) is 2. The number of methoxy groups -OCH3 is 2. The number of esters is 1. The molecule has 2 aromatic rings. The zero-order valence-corrected chi connectivity index (χ0v) is 24.0. The molecule has 0 radical (unpaired) electrons. The van der Waals surface area contributed by atoms with Crippen LogP contribution >= 0.6 is 0 Å². The summed E-state index contributed by atoms with van der Waals surface area (Å²) >= 11 is 0. The molecule has 0 aromatic heterocycles. The first-order valence-electron chi connectivity index (χ1n) is 14.0. The van der Waals surface area contributed by atoms with Gasteiger partial charge in [-0.3, -0.25) is 19.3 Å². The maximum Gasteiger partial charge on any atom is 0.330 e. The number of nitrogens with zero attached hydrogens (tertiary/aromatic N) is 2. The predicted octanol–water partition coefficient (Wildman–Crippen LogP) is 2.59. The Bertz CT molecular complexity index is 1170. The largest absolute Gasteiger partial charge is 0.467 e. The molecule has 0 saturated carbocycles. The van der Waals surface area contributed by atoms with Crippen molar-refractivity contribution in [3.63, 3.8) is 0 Å². The fourth-order valence-electron chi connectivity index (χ4n) is 5.25. The molecule has 0 bridgehead atoms. The first kappa shape index (κ1) is 31.0. The molecule has 1 heterocycles. The fraction of sp³-hybridized carbons (Fsp3) is 0.533. The van der Waals surface area contributed by atoms with E-state index in [0.29, 0.717) is 32.4 Å². The summed E-state index contributed by atoms with van der Waals surface area (Å²) in [6.07, 6.45) is 2.77. The lowest BCUT2D eigenvalue weighted by Crippen LogP contribution is -2.57. The Kier molecular flexibility index (Phi) is 11.9. The molecule has 3 rings (SSSR count). The highest BCUT2D eigenvalue weighted by Gasteiger charge is 2.36. The van der Waals surface area contributed by atoms with Crippen LogP contribution < -0.4 is 10.6 Å². The molecule has 2 unspecified atom stereocenters. The van der Waals surface area contributed by atoms with Crippen LogP contribution in [0.5, 0.6) is 0 Å². The van der Waals surface area contributed by atoms with E-state index in [9.17, 15) is 19.2 Å². The van der Waals surface area contributed by atoms with Crippen molar-refractivity contribution >= 4 is 34.5 Å². The lowest BCUT2D eigenvalue weighted by molar-refractivity contribution is -0.147. The molecule has 10 nitrogen and oxygen atoms in total. The van der Waals surface area contributed by atoms with E-state index in [1.54, 1.807) is 4.90 Å². The molecule has 0 aliphatic carbocycles. The Morgan fingerprint density at radius 1 is 1.10 bits per heavy atom. The Morgan fingerprint density at radius 2 is 1.85 bits per heavy atom. The Labute approximate surface area is 236 Å². The topological polar surface area (TPSA) is 117 Å². The van der Waals surface area contributed by atoms with Crippen LogP contribution in [0, 0.1) is 0 Å². The van der Waals surface area contributed by atoms with E-state index in [-0.39, 0.29) is 30.9 Å². The van der Waals surface area contributed by atoms with Crippen molar-refractivity contribution in [3.05, 3.63) is 48.0 Å². The first-order valence-corrected chi connectivity index (χ1v) is 14.0. The van der Waals surface area contributed by atoms with Gasteiger partial charge in [0.05, 0.1) is 26.4 Å². The Balaban J connectivity index is 1.97. The third-order valence-electron chi connectivity index (χ3n) is 7.27. The summed E-state index contributed by atoms with van der Waals surface area (Å²) in [7, 11) is 2.71. The average molecular weight is 555 g/mol. The number of carbonyl (C=O) groups is 4. The minimum Gasteiger partial charge on any atom is -0.467 e. The standard InChI is InChI=1S/C30H42N4O6/c1-5-7-15-28(34(6-2)29(37)24-16-17-26(35)31-24)33(19-27(36)32-25(20-39-3)30(38)40-4)18-22-13-10-12-21-11-8-9-14-23(21)22/h8-14,24-25,28H,5-7,15-20H2,1-4H3,(H,31,35)(H,32,36)/t24-,25?,28?/m0/s1. The molecule has 218 valence electrons. The lowest BCUT2D eigenvalue weighted by atomic mass is 10.0. The van der Waals surface area contributed by atoms with Gasteiger partial charge >= 0.3 is 5.97 Å². The van der Waals surface area contributed by atoms with Crippen molar-refractivity contribution in [3.8, 4) is 0 Å². The van der Waals surface area contributed by atoms with Crippen LogP contribution in [0.2, 0.25) is 0 Å². The summed E-state index contributed by atoms with van der Waals surface area (Å²) in [5.41, 5.74) is 1.02. The minimum atomic E-state index is -0.950. The molecule has 40 heavy (non-hydrogen) atoms. The molecule has 3 atom stereocenters. The second-order valence-corrected chi connectivity index (χ2v) is 10.0. The number of fused-ring (bicyclic) bond motifs is 1. The van der Waals surface area contributed by atoms with E-state index in [4.69, 9.17) is 9.47 Å². The highest BCUT2D eigenvalue weighted by molar-refractivity contribution is 5.91. The number of likely N-dealkylation sites (N-methyl/N-ethyl adjacent to an activating group) is 1. The van der Waals surface area contributed by atoms with E-state index in [0.717, 1.165) is 29.2 Å². The molecule has 10 heteroatoms. The van der Waals surface area contributed by atoms with Crippen LogP contribution in [0.15, 0.2) is 42.5 Å². The zero-order chi connectivity index (χ0) is 29.1. The third kappa shape index (κ3) is 8.02. The van der Waals surface area contributed by atoms with Gasteiger partial charge in [0.25, 0.3) is 0 Å². The Morgan fingerprint density at radius 3 is 2.50 bits per heavy atom. The van der Waals surface area contributed by atoms with E-state index in [1.165, 1.54) is 14.2 Å². The molecule has 2 aromatic carbocycles. The maximum atomic E-state index is 13.7. The van der Waals surface area contributed by atoms with Crippen LogP contribution in [0.25, 0.3) is 10.8 Å². The average Bonchev–Trinajstić information content (AvgIpc) is 3.40. The molecule has 1 aliphatic rings. The molecule has 3 amide bonds.